The molecule has 1 heterocycles. The van der Waals surface area contributed by atoms with Crippen molar-refractivity contribution in [1.29, 1.82) is 0 Å². The molecule has 3 nitrogen and oxygen atoms in total. The quantitative estimate of drug-likeness (QED) is 0.887. The molecule has 0 fully saturated rings. The minimum atomic E-state index is -0.108. The second-order valence-corrected chi connectivity index (χ2v) is 5.67. The van der Waals surface area contributed by atoms with Crippen LogP contribution in [-0.4, -0.2) is 19.6 Å². The van der Waals surface area contributed by atoms with Gasteiger partial charge in [0.2, 0.25) is 5.91 Å². The van der Waals surface area contributed by atoms with Crippen LogP contribution in [0.5, 0.6) is 0 Å². The summed E-state index contributed by atoms with van der Waals surface area (Å²) in [6, 6.07) is 12.0. The fraction of sp³-hybridized carbons (Fsp3) is 0.312. The Bertz CT molecular complexity index is 551. The van der Waals surface area contributed by atoms with E-state index in [1.54, 1.807) is 18.4 Å². The largest absolute Gasteiger partial charge is 0.375 e. The highest BCUT2D eigenvalue weighted by molar-refractivity contribution is 7.10. The average Bonchev–Trinajstić information content (AvgIpc) is 2.94. The third-order valence-electron chi connectivity index (χ3n) is 3.22. The molecule has 0 radical (unpaired) electrons. The van der Waals surface area contributed by atoms with E-state index in [0.29, 0.717) is 13.0 Å². The van der Waals surface area contributed by atoms with Crippen LogP contribution in [-0.2, 0) is 16.0 Å². The minimum Gasteiger partial charge on any atom is -0.375 e. The van der Waals surface area contributed by atoms with Gasteiger partial charge in [-0.25, -0.2) is 0 Å². The van der Waals surface area contributed by atoms with Gasteiger partial charge < -0.3 is 10.1 Å². The van der Waals surface area contributed by atoms with Gasteiger partial charge in [-0.05, 0) is 29.5 Å². The first-order chi connectivity index (χ1) is 9.70. The van der Waals surface area contributed by atoms with Crippen LogP contribution in [0.3, 0.4) is 0 Å². The third-order valence-corrected chi connectivity index (χ3v) is 4.10. The lowest BCUT2D eigenvalue weighted by Gasteiger charge is -2.18. The highest BCUT2D eigenvalue weighted by Crippen LogP contribution is 2.19. The van der Waals surface area contributed by atoms with Crippen LogP contribution in [0.15, 0.2) is 41.8 Å². The molecule has 2 aromatic rings. The van der Waals surface area contributed by atoms with Crippen molar-refractivity contribution >= 4 is 17.2 Å². The Balaban J connectivity index is 1.91. The van der Waals surface area contributed by atoms with Crippen molar-refractivity contribution in [3.05, 3.63) is 57.8 Å². The Morgan fingerprint density at radius 3 is 2.75 bits per heavy atom. The molecule has 1 unspecified atom stereocenters. The smallest absolute Gasteiger partial charge is 0.225 e. The molecule has 0 aliphatic rings. The number of hydrogen-bond donors (Lipinski definition) is 1. The highest BCUT2D eigenvalue weighted by atomic mass is 32.1. The predicted octanol–water partition coefficient (Wildman–Crippen LogP) is 3.10. The summed E-state index contributed by atoms with van der Waals surface area (Å²) in [4.78, 5) is 13.0. The summed E-state index contributed by atoms with van der Waals surface area (Å²) >= 11 is 1.60. The average molecular weight is 289 g/mol. The molecule has 1 aromatic carbocycles. The van der Waals surface area contributed by atoms with Crippen molar-refractivity contribution in [2.24, 2.45) is 0 Å². The lowest BCUT2D eigenvalue weighted by molar-refractivity contribution is -0.121. The Morgan fingerprint density at radius 1 is 1.30 bits per heavy atom. The van der Waals surface area contributed by atoms with Crippen LogP contribution in [0.1, 0.15) is 22.1 Å². The maximum absolute atomic E-state index is 11.9. The van der Waals surface area contributed by atoms with Crippen LogP contribution < -0.4 is 5.32 Å². The molecular weight excluding hydrogens is 270 g/mol. The number of ether oxygens (including phenoxy) is 1. The molecule has 1 aromatic heterocycles. The predicted molar refractivity (Wildman–Crippen MR) is 82.0 cm³/mol. The number of carbonyl (C=O) groups is 1. The summed E-state index contributed by atoms with van der Waals surface area (Å²) in [5, 5.41) is 4.92. The molecule has 0 aliphatic carbocycles. The molecule has 2 rings (SSSR count). The van der Waals surface area contributed by atoms with E-state index in [0.717, 1.165) is 10.4 Å². The fourth-order valence-electron chi connectivity index (χ4n) is 2.11. The van der Waals surface area contributed by atoms with Crippen LogP contribution in [0, 0.1) is 6.92 Å². The molecule has 0 saturated carbocycles. The van der Waals surface area contributed by atoms with Crippen molar-refractivity contribution in [2.75, 3.05) is 13.7 Å². The van der Waals surface area contributed by atoms with Gasteiger partial charge in [0.1, 0.15) is 0 Å². The van der Waals surface area contributed by atoms with E-state index in [4.69, 9.17) is 4.74 Å². The second kappa shape index (κ2) is 7.22. The Labute approximate surface area is 123 Å². The van der Waals surface area contributed by atoms with Gasteiger partial charge in [0.15, 0.2) is 0 Å². The first-order valence-corrected chi connectivity index (χ1v) is 7.46. The number of benzene rings is 1. The van der Waals surface area contributed by atoms with Crippen LogP contribution in [0.25, 0.3) is 0 Å². The number of thiophene rings is 1. The molecule has 106 valence electrons. The monoisotopic (exact) mass is 289 g/mol. The van der Waals surface area contributed by atoms with Gasteiger partial charge in [-0.3, -0.25) is 4.79 Å². The SMILES string of the molecule is COC(CNC(=O)Cc1cccs1)c1ccccc1C. The number of amides is 1. The van der Waals surface area contributed by atoms with E-state index in [2.05, 4.69) is 18.3 Å². The first-order valence-electron chi connectivity index (χ1n) is 6.58. The summed E-state index contributed by atoms with van der Waals surface area (Å²) in [7, 11) is 1.67. The van der Waals surface area contributed by atoms with E-state index in [9.17, 15) is 4.79 Å². The van der Waals surface area contributed by atoms with Crippen molar-refractivity contribution < 1.29 is 9.53 Å². The zero-order chi connectivity index (χ0) is 14.4. The van der Waals surface area contributed by atoms with E-state index < -0.39 is 0 Å². The van der Waals surface area contributed by atoms with Gasteiger partial charge in [-0.15, -0.1) is 11.3 Å². The summed E-state index contributed by atoms with van der Waals surface area (Å²) < 4.78 is 5.49. The maximum atomic E-state index is 11.9. The lowest BCUT2D eigenvalue weighted by Crippen LogP contribution is -2.30. The summed E-state index contributed by atoms with van der Waals surface area (Å²) in [5.41, 5.74) is 2.29. The van der Waals surface area contributed by atoms with Gasteiger partial charge in [0.25, 0.3) is 0 Å². The minimum absolute atomic E-state index is 0.0306. The fourth-order valence-corrected chi connectivity index (χ4v) is 2.81. The van der Waals surface area contributed by atoms with Gasteiger partial charge in [-0.2, -0.15) is 0 Å². The maximum Gasteiger partial charge on any atom is 0.225 e. The van der Waals surface area contributed by atoms with Crippen molar-refractivity contribution in [3.8, 4) is 0 Å². The van der Waals surface area contributed by atoms with Gasteiger partial charge in [-0.1, -0.05) is 30.3 Å². The van der Waals surface area contributed by atoms with Crippen molar-refractivity contribution in [3.63, 3.8) is 0 Å². The lowest BCUT2D eigenvalue weighted by atomic mass is 10.0. The highest BCUT2D eigenvalue weighted by Gasteiger charge is 2.14. The van der Waals surface area contributed by atoms with E-state index >= 15 is 0 Å². The van der Waals surface area contributed by atoms with E-state index in [-0.39, 0.29) is 12.0 Å². The van der Waals surface area contributed by atoms with E-state index in [1.807, 2.05) is 35.7 Å². The van der Waals surface area contributed by atoms with Gasteiger partial charge in [0, 0.05) is 18.5 Å². The van der Waals surface area contributed by atoms with E-state index in [1.165, 1.54) is 5.56 Å². The second-order valence-electron chi connectivity index (χ2n) is 4.64. The summed E-state index contributed by atoms with van der Waals surface area (Å²) in [6.07, 6.45) is 0.325. The van der Waals surface area contributed by atoms with Crippen molar-refractivity contribution in [2.45, 2.75) is 19.4 Å². The molecule has 0 bridgehead atoms. The Kier molecular flexibility index (Phi) is 5.32. The van der Waals surface area contributed by atoms with Crippen LogP contribution >= 0.6 is 11.3 Å². The first kappa shape index (κ1) is 14.8. The molecule has 1 amide bonds. The van der Waals surface area contributed by atoms with Gasteiger partial charge in [0.05, 0.1) is 12.5 Å². The zero-order valence-corrected chi connectivity index (χ0v) is 12.6. The number of carbonyl (C=O) groups excluding carboxylic acids is 1. The number of rotatable bonds is 6. The Morgan fingerprint density at radius 2 is 2.10 bits per heavy atom. The molecular formula is C16H19NO2S. The number of methoxy groups -OCH3 is 1. The molecule has 0 saturated heterocycles. The number of nitrogens with one attached hydrogen (secondary N) is 1. The zero-order valence-electron chi connectivity index (χ0n) is 11.8. The molecule has 1 atom stereocenters. The number of aryl methyl sites for hydroxylation is 1. The molecule has 0 aliphatic heterocycles. The number of hydrogen-bond acceptors (Lipinski definition) is 3. The summed E-state index contributed by atoms with van der Waals surface area (Å²) in [5.74, 6) is 0.0306. The molecule has 20 heavy (non-hydrogen) atoms. The van der Waals surface area contributed by atoms with Crippen LogP contribution in [0.4, 0.5) is 0 Å². The van der Waals surface area contributed by atoms with Crippen LogP contribution in [0.2, 0.25) is 0 Å². The topological polar surface area (TPSA) is 38.3 Å². The Hall–Kier alpha value is -1.65. The molecule has 0 spiro atoms. The third kappa shape index (κ3) is 3.92. The normalized spacial score (nSPS) is 12.1. The summed E-state index contributed by atoms with van der Waals surface area (Å²) in [6.45, 7) is 2.54. The molecule has 1 N–H and O–H groups in total. The molecule has 4 heteroatoms. The van der Waals surface area contributed by atoms with Crippen molar-refractivity contribution in [1.82, 2.24) is 5.32 Å². The standard InChI is InChI=1S/C16H19NO2S/c1-12-6-3-4-8-14(12)15(19-2)11-17-16(18)10-13-7-5-9-20-13/h3-9,15H,10-11H2,1-2H3,(H,17,18). The van der Waals surface area contributed by atoms with Gasteiger partial charge >= 0.3 is 0 Å².